The van der Waals surface area contributed by atoms with E-state index in [2.05, 4.69) is 28.5 Å². The molecule has 1 aromatic rings. The highest BCUT2D eigenvalue weighted by molar-refractivity contribution is 5.89. The van der Waals surface area contributed by atoms with Crippen LogP contribution < -0.4 is 10.6 Å². The Morgan fingerprint density at radius 2 is 2.04 bits per heavy atom. The first kappa shape index (κ1) is 19.2. The Labute approximate surface area is 149 Å². The number of nitrogens with zero attached hydrogens (tertiary/aromatic N) is 1. The van der Waals surface area contributed by atoms with Crippen molar-refractivity contribution in [2.24, 2.45) is 5.92 Å². The second kappa shape index (κ2) is 10.0. The molecule has 2 amide bonds. The van der Waals surface area contributed by atoms with Crippen LogP contribution in [0.2, 0.25) is 0 Å². The zero-order valence-corrected chi connectivity index (χ0v) is 15.0. The van der Waals surface area contributed by atoms with E-state index >= 15 is 0 Å². The van der Waals surface area contributed by atoms with Gasteiger partial charge in [-0.1, -0.05) is 19.1 Å². The SMILES string of the molecule is CC1CCN(CCc2cccc(NC(=O)NCCCC(=O)O)c2)CC1. The standard InChI is InChI=1S/C19H29N3O3/c1-15-7-11-22(12-8-15)13-9-16-4-2-5-17(14-16)21-19(25)20-10-3-6-18(23)24/h2,4-5,14-15H,3,6-13H2,1H3,(H,23,24)(H2,20,21,25). The summed E-state index contributed by atoms with van der Waals surface area (Å²) < 4.78 is 0. The Balaban J connectivity index is 1.72. The molecular formula is C19H29N3O3. The molecule has 0 unspecified atom stereocenters. The first-order valence-electron chi connectivity index (χ1n) is 9.11. The molecule has 6 nitrogen and oxygen atoms in total. The van der Waals surface area contributed by atoms with Crippen LogP contribution in [0.3, 0.4) is 0 Å². The molecule has 0 aromatic heterocycles. The van der Waals surface area contributed by atoms with Gasteiger partial charge in [0.15, 0.2) is 0 Å². The Morgan fingerprint density at radius 1 is 1.28 bits per heavy atom. The maximum atomic E-state index is 11.8. The van der Waals surface area contributed by atoms with Crippen LogP contribution in [0, 0.1) is 5.92 Å². The number of carbonyl (C=O) groups is 2. The molecular weight excluding hydrogens is 318 g/mol. The van der Waals surface area contributed by atoms with Crippen molar-refractivity contribution < 1.29 is 14.7 Å². The number of carbonyl (C=O) groups excluding carboxylic acids is 1. The molecule has 0 aliphatic carbocycles. The monoisotopic (exact) mass is 347 g/mol. The molecule has 2 rings (SSSR count). The van der Waals surface area contributed by atoms with Crippen molar-refractivity contribution >= 4 is 17.7 Å². The molecule has 1 saturated heterocycles. The summed E-state index contributed by atoms with van der Waals surface area (Å²) in [6.07, 6.45) is 4.03. The number of likely N-dealkylation sites (tertiary alicyclic amines) is 1. The van der Waals surface area contributed by atoms with Crippen molar-refractivity contribution in [3.05, 3.63) is 29.8 Å². The Bertz CT molecular complexity index is 569. The van der Waals surface area contributed by atoms with Crippen molar-refractivity contribution in [1.82, 2.24) is 10.2 Å². The number of carboxylic acid groups (broad SMARTS) is 1. The fourth-order valence-corrected chi connectivity index (χ4v) is 2.99. The maximum Gasteiger partial charge on any atom is 0.319 e. The predicted octanol–water partition coefficient (Wildman–Crippen LogP) is 2.95. The maximum absolute atomic E-state index is 11.8. The van der Waals surface area contributed by atoms with E-state index < -0.39 is 5.97 Å². The summed E-state index contributed by atoms with van der Waals surface area (Å²) in [6.45, 7) is 6.08. The number of amides is 2. The third kappa shape index (κ3) is 7.56. The summed E-state index contributed by atoms with van der Waals surface area (Å²) in [7, 11) is 0. The van der Waals surface area contributed by atoms with E-state index in [1.165, 1.54) is 31.5 Å². The van der Waals surface area contributed by atoms with E-state index in [1.807, 2.05) is 18.2 Å². The first-order valence-corrected chi connectivity index (χ1v) is 9.11. The van der Waals surface area contributed by atoms with Crippen LogP contribution in [0.25, 0.3) is 0 Å². The molecule has 6 heteroatoms. The van der Waals surface area contributed by atoms with Crippen molar-refractivity contribution in [2.45, 2.75) is 39.0 Å². The van der Waals surface area contributed by atoms with Crippen molar-refractivity contribution in [3.8, 4) is 0 Å². The molecule has 0 bridgehead atoms. The lowest BCUT2D eigenvalue weighted by Gasteiger charge is -2.30. The second-order valence-corrected chi connectivity index (χ2v) is 6.85. The van der Waals surface area contributed by atoms with Gasteiger partial charge in [0, 0.05) is 25.2 Å². The molecule has 138 valence electrons. The fourth-order valence-electron chi connectivity index (χ4n) is 2.99. The van der Waals surface area contributed by atoms with E-state index in [4.69, 9.17) is 5.11 Å². The smallest absolute Gasteiger partial charge is 0.319 e. The summed E-state index contributed by atoms with van der Waals surface area (Å²) in [5.74, 6) is -0.00383. The van der Waals surface area contributed by atoms with Gasteiger partial charge < -0.3 is 20.6 Å². The van der Waals surface area contributed by atoms with Crippen molar-refractivity contribution in [1.29, 1.82) is 0 Å². The van der Waals surface area contributed by atoms with E-state index in [1.54, 1.807) is 0 Å². The minimum absolute atomic E-state index is 0.0606. The fraction of sp³-hybridized carbons (Fsp3) is 0.579. The highest BCUT2D eigenvalue weighted by atomic mass is 16.4. The number of benzene rings is 1. The van der Waals surface area contributed by atoms with Gasteiger partial charge >= 0.3 is 12.0 Å². The number of urea groups is 1. The summed E-state index contributed by atoms with van der Waals surface area (Å²) in [6, 6.07) is 7.61. The molecule has 25 heavy (non-hydrogen) atoms. The van der Waals surface area contributed by atoms with Crippen LogP contribution >= 0.6 is 0 Å². The normalized spacial score (nSPS) is 15.7. The topological polar surface area (TPSA) is 81.7 Å². The molecule has 3 N–H and O–H groups in total. The van der Waals surface area contributed by atoms with Crippen LogP contribution in [0.5, 0.6) is 0 Å². The van der Waals surface area contributed by atoms with Gasteiger partial charge in [-0.05, 0) is 62.4 Å². The third-order valence-electron chi connectivity index (χ3n) is 4.63. The van der Waals surface area contributed by atoms with Crippen molar-refractivity contribution in [3.63, 3.8) is 0 Å². The average Bonchev–Trinajstić information content (AvgIpc) is 2.58. The molecule has 0 spiro atoms. The third-order valence-corrected chi connectivity index (χ3v) is 4.63. The van der Waals surface area contributed by atoms with Gasteiger partial charge in [-0.2, -0.15) is 0 Å². The Hall–Kier alpha value is -2.08. The summed E-state index contributed by atoms with van der Waals surface area (Å²) >= 11 is 0. The van der Waals surface area contributed by atoms with Crippen LogP contribution in [0.4, 0.5) is 10.5 Å². The molecule has 0 radical (unpaired) electrons. The van der Waals surface area contributed by atoms with Crippen LogP contribution in [0.1, 0.15) is 38.2 Å². The van der Waals surface area contributed by atoms with Gasteiger partial charge in [-0.15, -0.1) is 0 Å². The van der Waals surface area contributed by atoms with Crippen molar-refractivity contribution in [2.75, 3.05) is 31.5 Å². The number of nitrogens with one attached hydrogen (secondary N) is 2. The molecule has 1 heterocycles. The second-order valence-electron chi connectivity index (χ2n) is 6.85. The highest BCUT2D eigenvalue weighted by Crippen LogP contribution is 2.17. The Morgan fingerprint density at radius 3 is 2.76 bits per heavy atom. The Kier molecular flexibility index (Phi) is 7.73. The number of aliphatic carboxylic acids is 1. The lowest BCUT2D eigenvalue weighted by atomic mass is 9.99. The zero-order valence-electron chi connectivity index (χ0n) is 15.0. The molecule has 0 atom stereocenters. The lowest BCUT2D eigenvalue weighted by Crippen LogP contribution is -2.34. The quantitative estimate of drug-likeness (QED) is 0.632. The summed E-state index contributed by atoms with van der Waals surface area (Å²) in [5, 5.41) is 14.0. The van der Waals surface area contributed by atoms with Gasteiger partial charge in [0.2, 0.25) is 0 Å². The number of piperidine rings is 1. The van der Waals surface area contributed by atoms with E-state index in [0.717, 1.165) is 24.6 Å². The highest BCUT2D eigenvalue weighted by Gasteiger charge is 2.15. The zero-order chi connectivity index (χ0) is 18.1. The van der Waals surface area contributed by atoms with E-state index in [9.17, 15) is 9.59 Å². The number of anilines is 1. The number of hydrogen-bond donors (Lipinski definition) is 3. The first-order chi connectivity index (χ1) is 12.0. The van der Waals surface area contributed by atoms with E-state index in [-0.39, 0.29) is 12.5 Å². The van der Waals surface area contributed by atoms with Gasteiger partial charge in [0.05, 0.1) is 0 Å². The van der Waals surface area contributed by atoms with Gasteiger partial charge in [0.1, 0.15) is 0 Å². The number of rotatable bonds is 8. The lowest BCUT2D eigenvalue weighted by molar-refractivity contribution is -0.137. The average molecular weight is 347 g/mol. The molecule has 1 aromatic carbocycles. The number of carboxylic acids is 1. The minimum atomic E-state index is -0.849. The minimum Gasteiger partial charge on any atom is -0.481 e. The predicted molar refractivity (Wildman–Crippen MR) is 98.9 cm³/mol. The number of hydrogen-bond acceptors (Lipinski definition) is 3. The molecule has 1 fully saturated rings. The largest absolute Gasteiger partial charge is 0.481 e. The van der Waals surface area contributed by atoms with Gasteiger partial charge in [-0.3, -0.25) is 4.79 Å². The van der Waals surface area contributed by atoms with Crippen LogP contribution in [0.15, 0.2) is 24.3 Å². The molecule has 1 aliphatic heterocycles. The van der Waals surface area contributed by atoms with Gasteiger partial charge in [-0.25, -0.2) is 4.79 Å². The summed E-state index contributed by atoms with van der Waals surface area (Å²) in [4.78, 5) is 24.8. The molecule has 1 aliphatic rings. The van der Waals surface area contributed by atoms with Gasteiger partial charge in [0.25, 0.3) is 0 Å². The van der Waals surface area contributed by atoms with E-state index in [0.29, 0.717) is 13.0 Å². The van der Waals surface area contributed by atoms with Crippen LogP contribution in [-0.2, 0) is 11.2 Å². The molecule has 0 saturated carbocycles. The van der Waals surface area contributed by atoms with Crippen LogP contribution in [-0.4, -0.2) is 48.2 Å². The summed E-state index contributed by atoms with van der Waals surface area (Å²) in [5.41, 5.74) is 1.97.